The Kier molecular flexibility index (Phi) is 5.10. The average molecular weight is 443 g/mol. The van der Waals surface area contributed by atoms with E-state index in [1.807, 2.05) is 36.0 Å². The highest BCUT2D eigenvalue weighted by molar-refractivity contribution is 6.35. The minimum absolute atomic E-state index is 0.335. The summed E-state index contributed by atoms with van der Waals surface area (Å²) in [6.45, 7) is 3.88. The summed E-state index contributed by atoms with van der Waals surface area (Å²) in [6, 6.07) is 6.22. The van der Waals surface area contributed by atoms with Gasteiger partial charge in [-0.2, -0.15) is 10.2 Å². The zero-order valence-corrected chi connectivity index (χ0v) is 17.8. The molecule has 5 rings (SSSR count). The first-order valence-electron chi connectivity index (χ1n) is 9.79. The number of aromatic amines is 1. The summed E-state index contributed by atoms with van der Waals surface area (Å²) >= 11 is 12.5. The number of halogens is 2. The van der Waals surface area contributed by atoms with Gasteiger partial charge in [-0.1, -0.05) is 23.2 Å². The van der Waals surface area contributed by atoms with Crippen molar-refractivity contribution < 1.29 is 4.74 Å². The number of H-pyrrole nitrogens is 1. The van der Waals surface area contributed by atoms with Crippen molar-refractivity contribution in [2.75, 3.05) is 13.1 Å². The van der Waals surface area contributed by atoms with Crippen molar-refractivity contribution in [2.24, 2.45) is 0 Å². The Labute approximate surface area is 183 Å². The first kappa shape index (κ1) is 19.4. The summed E-state index contributed by atoms with van der Waals surface area (Å²) in [7, 11) is 0. The molecule has 4 aromatic rings. The Morgan fingerprint density at radius 2 is 2.03 bits per heavy atom. The SMILES string of the molecule is CC(Oc1ccc2[nH]nc(-c3cnn([C@H]4CCNC4)c3)c2c1)c1c(Cl)cncc1Cl. The van der Waals surface area contributed by atoms with Gasteiger partial charge in [0.15, 0.2) is 0 Å². The van der Waals surface area contributed by atoms with Crippen LogP contribution in [0.3, 0.4) is 0 Å². The molecular weight excluding hydrogens is 423 g/mol. The van der Waals surface area contributed by atoms with Gasteiger partial charge >= 0.3 is 0 Å². The average Bonchev–Trinajstić information content (AvgIpc) is 3.47. The van der Waals surface area contributed by atoms with Gasteiger partial charge in [0.05, 0.1) is 27.8 Å². The highest BCUT2D eigenvalue weighted by Gasteiger charge is 2.20. The van der Waals surface area contributed by atoms with Crippen LogP contribution in [0.5, 0.6) is 5.75 Å². The number of fused-ring (bicyclic) bond motifs is 1. The standard InChI is InChI=1S/C21H20Cl2N6O/c1-12(20-17(22)9-25-10-18(20)23)30-15-2-3-19-16(6-15)21(28-27-19)13-7-26-29(11-13)14-4-5-24-8-14/h2-3,6-7,9-12,14,24H,4-5,8H2,1H3,(H,27,28)/t12?,14-/m0/s1. The van der Waals surface area contributed by atoms with Crippen LogP contribution in [0.25, 0.3) is 22.2 Å². The second-order valence-electron chi connectivity index (χ2n) is 7.41. The predicted octanol–water partition coefficient (Wildman–Crippen LogP) is 4.80. The fourth-order valence-electron chi connectivity index (χ4n) is 3.88. The third kappa shape index (κ3) is 3.53. The van der Waals surface area contributed by atoms with E-state index in [2.05, 4.69) is 31.8 Å². The lowest BCUT2D eigenvalue weighted by Crippen LogP contribution is -2.13. The highest BCUT2D eigenvalue weighted by Crippen LogP contribution is 2.35. The molecule has 9 heteroatoms. The van der Waals surface area contributed by atoms with Crippen molar-refractivity contribution in [3.63, 3.8) is 0 Å². The number of ether oxygens (including phenoxy) is 1. The summed E-state index contributed by atoms with van der Waals surface area (Å²) in [5, 5.41) is 17.4. The fraction of sp³-hybridized carbons (Fsp3) is 0.286. The van der Waals surface area contributed by atoms with Gasteiger partial charge in [0, 0.05) is 41.6 Å². The van der Waals surface area contributed by atoms with Crippen LogP contribution in [0.2, 0.25) is 10.0 Å². The van der Waals surface area contributed by atoms with Gasteiger partial charge in [0.2, 0.25) is 0 Å². The summed E-state index contributed by atoms with van der Waals surface area (Å²) in [4.78, 5) is 4.00. The number of hydrogen-bond acceptors (Lipinski definition) is 5. The number of hydrogen-bond donors (Lipinski definition) is 2. The molecule has 0 saturated carbocycles. The van der Waals surface area contributed by atoms with E-state index in [9.17, 15) is 0 Å². The van der Waals surface area contributed by atoms with E-state index >= 15 is 0 Å². The van der Waals surface area contributed by atoms with Crippen molar-refractivity contribution >= 4 is 34.1 Å². The molecule has 1 fully saturated rings. The van der Waals surface area contributed by atoms with E-state index in [4.69, 9.17) is 27.9 Å². The van der Waals surface area contributed by atoms with Crippen molar-refractivity contribution in [3.05, 3.63) is 58.6 Å². The lowest BCUT2D eigenvalue weighted by Gasteiger charge is -2.17. The Bertz CT molecular complexity index is 1180. The van der Waals surface area contributed by atoms with Crippen LogP contribution >= 0.6 is 23.2 Å². The molecule has 0 aliphatic carbocycles. The molecule has 0 amide bonds. The van der Waals surface area contributed by atoms with E-state index in [1.54, 1.807) is 12.4 Å². The summed E-state index contributed by atoms with van der Waals surface area (Å²) < 4.78 is 8.17. The number of nitrogens with one attached hydrogen (secondary N) is 2. The van der Waals surface area contributed by atoms with E-state index < -0.39 is 0 Å². The molecule has 0 bridgehead atoms. The van der Waals surface area contributed by atoms with Crippen LogP contribution in [-0.4, -0.2) is 38.1 Å². The normalized spacial score (nSPS) is 17.5. The van der Waals surface area contributed by atoms with Gasteiger partial charge in [-0.25, -0.2) is 0 Å². The molecule has 1 unspecified atom stereocenters. The Morgan fingerprint density at radius 1 is 1.20 bits per heavy atom. The first-order valence-corrected chi connectivity index (χ1v) is 10.5. The Hall–Kier alpha value is -2.61. The lowest BCUT2D eigenvalue weighted by molar-refractivity contribution is 0.227. The topological polar surface area (TPSA) is 80.6 Å². The highest BCUT2D eigenvalue weighted by atomic mass is 35.5. The number of nitrogens with zero attached hydrogens (tertiary/aromatic N) is 4. The van der Waals surface area contributed by atoms with Gasteiger partial charge in [0.1, 0.15) is 17.5 Å². The monoisotopic (exact) mass is 442 g/mol. The van der Waals surface area contributed by atoms with Crippen LogP contribution < -0.4 is 10.1 Å². The molecule has 1 aliphatic heterocycles. The summed E-state index contributed by atoms with van der Waals surface area (Å²) in [5.74, 6) is 0.703. The maximum Gasteiger partial charge on any atom is 0.124 e. The molecule has 0 spiro atoms. The predicted molar refractivity (Wildman–Crippen MR) is 117 cm³/mol. The minimum atomic E-state index is -0.335. The lowest BCUT2D eigenvalue weighted by atomic mass is 10.1. The molecule has 1 saturated heterocycles. The van der Waals surface area contributed by atoms with Crippen molar-refractivity contribution in [1.82, 2.24) is 30.3 Å². The molecule has 1 aliphatic rings. The maximum absolute atomic E-state index is 6.27. The molecular formula is C21H20Cl2N6O. The van der Waals surface area contributed by atoms with Gasteiger partial charge in [-0.05, 0) is 38.1 Å². The minimum Gasteiger partial charge on any atom is -0.486 e. The van der Waals surface area contributed by atoms with Gasteiger partial charge < -0.3 is 10.1 Å². The van der Waals surface area contributed by atoms with Crippen molar-refractivity contribution in [1.29, 1.82) is 0 Å². The molecule has 7 nitrogen and oxygen atoms in total. The van der Waals surface area contributed by atoms with E-state index in [0.29, 0.717) is 27.4 Å². The fourth-order valence-corrected chi connectivity index (χ4v) is 4.56. The van der Waals surface area contributed by atoms with Gasteiger partial charge in [-0.15, -0.1) is 0 Å². The molecule has 1 aromatic carbocycles. The number of rotatable bonds is 5. The Balaban J connectivity index is 1.45. The maximum atomic E-state index is 6.27. The van der Waals surface area contributed by atoms with E-state index in [1.165, 1.54) is 0 Å². The molecule has 30 heavy (non-hydrogen) atoms. The van der Waals surface area contributed by atoms with Gasteiger partial charge in [0.25, 0.3) is 0 Å². The first-order chi connectivity index (χ1) is 14.6. The zero-order chi connectivity index (χ0) is 20.7. The zero-order valence-electron chi connectivity index (χ0n) is 16.3. The van der Waals surface area contributed by atoms with E-state index in [0.717, 1.165) is 41.7 Å². The molecule has 3 aromatic heterocycles. The molecule has 154 valence electrons. The van der Waals surface area contributed by atoms with Crippen LogP contribution in [0.1, 0.15) is 31.1 Å². The smallest absolute Gasteiger partial charge is 0.124 e. The third-order valence-corrected chi connectivity index (χ3v) is 6.03. The molecule has 0 radical (unpaired) electrons. The number of benzene rings is 1. The second kappa shape index (κ2) is 7.91. The van der Waals surface area contributed by atoms with Gasteiger partial charge in [-0.3, -0.25) is 14.8 Å². The summed E-state index contributed by atoms with van der Waals surface area (Å²) in [6.07, 6.45) is 7.80. The van der Waals surface area contributed by atoms with E-state index in [-0.39, 0.29) is 6.10 Å². The quantitative estimate of drug-likeness (QED) is 0.463. The van der Waals surface area contributed by atoms with Crippen molar-refractivity contribution in [2.45, 2.75) is 25.5 Å². The van der Waals surface area contributed by atoms with Crippen LogP contribution in [0.4, 0.5) is 0 Å². The largest absolute Gasteiger partial charge is 0.486 e. The summed E-state index contributed by atoms with van der Waals surface area (Å²) in [5.41, 5.74) is 3.46. The number of pyridine rings is 1. The number of aromatic nitrogens is 5. The third-order valence-electron chi connectivity index (χ3n) is 5.43. The molecule has 2 N–H and O–H groups in total. The molecule has 2 atom stereocenters. The second-order valence-corrected chi connectivity index (χ2v) is 8.23. The Morgan fingerprint density at radius 3 is 2.80 bits per heavy atom. The van der Waals surface area contributed by atoms with Crippen molar-refractivity contribution in [3.8, 4) is 17.0 Å². The molecule has 4 heterocycles. The van der Waals surface area contributed by atoms with Crippen LogP contribution in [0, 0.1) is 0 Å². The van der Waals surface area contributed by atoms with Crippen LogP contribution in [-0.2, 0) is 0 Å². The van der Waals surface area contributed by atoms with Crippen LogP contribution in [0.15, 0.2) is 43.0 Å².